The summed E-state index contributed by atoms with van der Waals surface area (Å²) >= 11 is 0. The molecule has 2 nitrogen and oxygen atoms in total. The van der Waals surface area contributed by atoms with E-state index in [0.717, 1.165) is 22.4 Å². The van der Waals surface area contributed by atoms with Crippen LogP contribution in [0.2, 0.25) is 26.2 Å². The molecule has 0 unspecified atom stereocenters. The summed E-state index contributed by atoms with van der Waals surface area (Å²) in [6.07, 6.45) is 4.86. The standard InChI is InChI=1S/C34H34N2Si2/c1-37-25-13-9-11-23(21-25)35-29-17-7-5-15-27(29)33-31(35)19-20-32-34(33)28-16-6-8-18-30(28)36(32)24-12-10-14-26(22-24)38(2,3)4/h5,7,9-15,17,19-22H,6,8,16,18H2,1-4H3. The lowest BCUT2D eigenvalue weighted by molar-refractivity contribution is 0.667. The van der Waals surface area contributed by atoms with Gasteiger partial charge in [-0.15, -0.1) is 0 Å². The van der Waals surface area contributed by atoms with Crippen LogP contribution in [-0.2, 0) is 12.8 Å². The molecule has 1 aliphatic rings. The molecule has 0 atom stereocenters. The van der Waals surface area contributed by atoms with Crippen LogP contribution in [0.15, 0.2) is 84.9 Å². The Hall–Kier alpha value is -3.35. The normalized spacial score (nSPS) is 14.0. The Labute approximate surface area is 228 Å². The van der Waals surface area contributed by atoms with Gasteiger partial charge < -0.3 is 9.13 Å². The molecule has 0 saturated heterocycles. The fraction of sp³-hybridized carbons (Fsp3) is 0.235. The second-order valence-electron chi connectivity index (χ2n) is 11.8. The van der Waals surface area contributed by atoms with Crippen LogP contribution in [0.25, 0.3) is 44.1 Å². The Bertz CT molecular complexity index is 1850. The number of nitrogens with zero attached hydrogens (tertiary/aromatic N) is 2. The molecule has 38 heavy (non-hydrogen) atoms. The van der Waals surface area contributed by atoms with Crippen molar-refractivity contribution in [3.05, 3.63) is 96.2 Å². The molecule has 2 radical (unpaired) electrons. The van der Waals surface area contributed by atoms with Crippen LogP contribution in [0.3, 0.4) is 0 Å². The van der Waals surface area contributed by atoms with Gasteiger partial charge in [-0.2, -0.15) is 0 Å². The Morgan fingerprint density at radius 1 is 0.658 bits per heavy atom. The zero-order valence-electron chi connectivity index (χ0n) is 22.8. The molecule has 0 fully saturated rings. The molecule has 0 spiro atoms. The van der Waals surface area contributed by atoms with Gasteiger partial charge in [-0.3, -0.25) is 0 Å². The summed E-state index contributed by atoms with van der Waals surface area (Å²) in [5.74, 6) is 0. The molecule has 2 heterocycles. The molecule has 0 bridgehead atoms. The molecule has 6 aromatic rings. The van der Waals surface area contributed by atoms with E-state index in [0.29, 0.717) is 0 Å². The zero-order valence-corrected chi connectivity index (χ0v) is 24.8. The third-order valence-electron chi connectivity index (χ3n) is 8.43. The predicted octanol–water partition coefficient (Wildman–Crippen LogP) is 7.53. The fourth-order valence-electron chi connectivity index (χ4n) is 6.58. The van der Waals surface area contributed by atoms with Gasteiger partial charge in [-0.05, 0) is 73.7 Å². The second-order valence-corrected chi connectivity index (χ2v) is 17.9. The second kappa shape index (κ2) is 8.86. The van der Waals surface area contributed by atoms with Gasteiger partial charge in [0.15, 0.2) is 0 Å². The Kier molecular flexibility index (Phi) is 5.53. The average molecular weight is 527 g/mol. The highest BCUT2D eigenvalue weighted by Gasteiger charge is 2.26. The van der Waals surface area contributed by atoms with Gasteiger partial charge in [0.2, 0.25) is 0 Å². The van der Waals surface area contributed by atoms with Gasteiger partial charge in [0.05, 0.1) is 34.1 Å². The lowest BCUT2D eigenvalue weighted by atomic mass is 9.94. The van der Waals surface area contributed by atoms with E-state index in [1.54, 1.807) is 5.56 Å². The summed E-state index contributed by atoms with van der Waals surface area (Å²) in [5, 5.41) is 7.18. The molecule has 0 aliphatic heterocycles. The van der Waals surface area contributed by atoms with Gasteiger partial charge in [0, 0.05) is 33.2 Å². The minimum atomic E-state index is -1.42. The predicted molar refractivity (Wildman–Crippen MR) is 168 cm³/mol. The molecule has 0 amide bonds. The molecular weight excluding hydrogens is 493 g/mol. The van der Waals surface area contributed by atoms with Gasteiger partial charge in [0.25, 0.3) is 0 Å². The van der Waals surface area contributed by atoms with Crippen LogP contribution in [-0.4, -0.2) is 26.7 Å². The molecular formula is C34H34N2Si2. The van der Waals surface area contributed by atoms with E-state index in [1.807, 2.05) is 0 Å². The largest absolute Gasteiger partial charge is 0.313 e. The van der Waals surface area contributed by atoms with E-state index in [-0.39, 0.29) is 0 Å². The van der Waals surface area contributed by atoms with Gasteiger partial charge in [-0.25, -0.2) is 0 Å². The van der Waals surface area contributed by atoms with Crippen molar-refractivity contribution in [3.8, 4) is 11.4 Å². The maximum absolute atomic E-state index is 2.61. The maximum atomic E-state index is 2.61. The number of hydrogen-bond acceptors (Lipinski definition) is 0. The summed E-state index contributed by atoms with van der Waals surface area (Å²) in [6.45, 7) is 9.60. The quantitative estimate of drug-likeness (QED) is 0.210. The van der Waals surface area contributed by atoms with Crippen molar-refractivity contribution in [2.75, 3.05) is 0 Å². The minimum Gasteiger partial charge on any atom is -0.313 e. The van der Waals surface area contributed by atoms with Crippen molar-refractivity contribution in [1.29, 1.82) is 0 Å². The lowest BCUT2D eigenvalue weighted by Gasteiger charge is -2.20. The van der Waals surface area contributed by atoms with Crippen molar-refractivity contribution < 1.29 is 0 Å². The molecule has 2 aromatic heterocycles. The van der Waals surface area contributed by atoms with Crippen molar-refractivity contribution in [1.82, 2.24) is 9.13 Å². The Morgan fingerprint density at radius 2 is 1.37 bits per heavy atom. The number of aromatic nitrogens is 2. The fourth-order valence-corrected chi connectivity index (χ4v) is 8.31. The summed E-state index contributed by atoms with van der Waals surface area (Å²) < 4.78 is 5.10. The van der Waals surface area contributed by atoms with Gasteiger partial charge >= 0.3 is 0 Å². The first-order chi connectivity index (χ1) is 18.5. The van der Waals surface area contributed by atoms with Crippen LogP contribution >= 0.6 is 0 Å². The smallest absolute Gasteiger partial charge is 0.0776 e. The van der Waals surface area contributed by atoms with E-state index >= 15 is 0 Å². The van der Waals surface area contributed by atoms with Crippen molar-refractivity contribution >= 4 is 60.7 Å². The Balaban J connectivity index is 1.60. The van der Waals surface area contributed by atoms with E-state index in [4.69, 9.17) is 0 Å². The van der Waals surface area contributed by atoms with Crippen molar-refractivity contribution in [2.45, 2.75) is 51.9 Å². The van der Waals surface area contributed by atoms with Crippen LogP contribution in [0.4, 0.5) is 0 Å². The minimum absolute atomic E-state index is 0.791. The summed E-state index contributed by atoms with van der Waals surface area (Å²) in [6, 6.07) is 32.3. The van der Waals surface area contributed by atoms with E-state index in [2.05, 4.69) is 120 Å². The number of rotatable bonds is 4. The van der Waals surface area contributed by atoms with Crippen LogP contribution in [0.1, 0.15) is 24.1 Å². The van der Waals surface area contributed by atoms with Gasteiger partial charge in [-0.1, -0.05) is 79.0 Å². The first kappa shape index (κ1) is 23.7. The maximum Gasteiger partial charge on any atom is 0.0776 e. The van der Waals surface area contributed by atoms with Crippen molar-refractivity contribution in [3.63, 3.8) is 0 Å². The van der Waals surface area contributed by atoms with Crippen molar-refractivity contribution in [2.24, 2.45) is 0 Å². The SMILES string of the molecule is C[Si]c1cccc(-n2c3ccccc3c3c4c5c(n(-c6cccc([Si](C)(C)C)c6)c4ccc32)CCCC5)c1. The van der Waals surface area contributed by atoms with Crippen LogP contribution in [0.5, 0.6) is 0 Å². The molecule has 0 saturated carbocycles. The first-order valence-corrected chi connectivity index (χ1v) is 18.9. The third-order valence-corrected chi connectivity index (χ3v) is 11.4. The molecule has 0 N–H and O–H groups in total. The number of benzene rings is 4. The monoisotopic (exact) mass is 526 g/mol. The van der Waals surface area contributed by atoms with E-state index in [9.17, 15) is 0 Å². The number of aryl methyl sites for hydroxylation is 1. The van der Waals surface area contributed by atoms with E-state index in [1.165, 1.54) is 73.0 Å². The highest BCUT2D eigenvalue weighted by Crippen LogP contribution is 2.43. The topological polar surface area (TPSA) is 9.86 Å². The molecule has 1 aliphatic carbocycles. The zero-order chi connectivity index (χ0) is 26.0. The average Bonchev–Trinajstić information content (AvgIpc) is 3.45. The van der Waals surface area contributed by atoms with Gasteiger partial charge in [0.1, 0.15) is 0 Å². The number of para-hydroxylation sites is 1. The lowest BCUT2D eigenvalue weighted by Crippen LogP contribution is -2.37. The molecule has 4 aromatic carbocycles. The highest BCUT2D eigenvalue weighted by atomic mass is 28.3. The summed E-state index contributed by atoms with van der Waals surface area (Å²) in [4.78, 5) is 0. The summed E-state index contributed by atoms with van der Waals surface area (Å²) in [7, 11) is -0.627. The third kappa shape index (κ3) is 3.58. The van der Waals surface area contributed by atoms with E-state index < -0.39 is 8.07 Å². The van der Waals surface area contributed by atoms with Crippen LogP contribution < -0.4 is 10.4 Å². The Morgan fingerprint density at radius 3 is 2.16 bits per heavy atom. The highest BCUT2D eigenvalue weighted by molar-refractivity contribution is 6.88. The summed E-state index contributed by atoms with van der Waals surface area (Å²) in [5.41, 5.74) is 9.67. The first-order valence-electron chi connectivity index (χ1n) is 13.9. The van der Waals surface area contributed by atoms with Crippen LogP contribution in [0, 0.1) is 0 Å². The molecule has 7 rings (SSSR count). The number of hydrogen-bond donors (Lipinski definition) is 0. The number of fused-ring (bicyclic) bond motifs is 7. The molecule has 188 valence electrons. The molecule has 4 heteroatoms.